The Morgan fingerprint density at radius 3 is 2.63 bits per heavy atom. The summed E-state index contributed by atoms with van der Waals surface area (Å²) in [4.78, 5) is 28.9. The SMILES string of the molecule is COc1ccc2c(c1)C1(CCN(C(=O)c3ccc(F)c(F)c3)C1)C(=O)N2C. The normalized spacial score (nSPS) is 21.1. The number of hydrogen-bond acceptors (Lipinski definition) is 3. The van der Waals surface area contributed by atoms with Crippen LogP contribution in [0.1, 0.15) is 22.3 Å². The molecule has 0 saturated carbocycles. The van der Waals surface area contributed by atoms with Crippen molar-refractivity contribution in [3.05, 3.63) is 59.2 Å². The fourth-order valence-corrected chi connectivity index (χ4v) is 4.05. The van der Waals surface area contributed by atoms with Gasteiger partial charge >= 0.3 is 0 Å². The van der Waals surface area contributed by atoms with Crippen LogP contribution in [0.3, 0.4) is 0 Å². The molecule has 2 amide bonds. The molecule has 5 nitrogen and oxygen atoms in total. The number of halogens is 2. The first kappa shape index (κ1) is 17.5. The highest BCUT2D eigenvalue weighted by molar-refractivity contribution is 6.09. The quantitative estimate of drug-likeness (QED) is 0.815. The summed E-state index contributed by atoms with van der Waals surface area (Å²) in [6.07, 6.45) is 0.464. The van der Waals surface area contributed by atoms with Crippen LogP contribution in [0.5, 0.6) is 5.75 Å². The molecule has 0 aliphatic carbocycles. The number of nitrogens with zero attached hydrogens (tertiary/aromatic N) is 2. The lowest BCUT2D eigenvalue weighted by atomic mass is 9.81. The van der Waals surface area contributed by atoms with E-state index in [1.54, 1.807) is 25.1 Å². The molecule has 2 aromatic rings. The van der Waals surface area contributed by atoms with Crippen molar-refractivity contribution < 1.29 is 23.1 Å². The van der Waals surface area contributed by atoms with Gasteiger partial charge in [-0.25, -0.2) is 8.78 Å². The van der Waals surface area contributed by atoms with Crippen molar-refractivity contribution in [2.75, 3.05) is 32.1 Å². The van der Waals surface area contributed by atoms with Gasteiger partial charge in [0.05, 0.1) is 12.5 Å². The van der Waals surface area contributed by atoms with E-state index in [4.69, 9.17) is 4.74 Å². The summed E-state index contributed by atoms with van der Waals surface area (Å²) in [5.74, 6) is -1.93. The summed E-state index contributed by atoms with van der Waals surface area (Å²) in [7, 11) is 3.27. The van der Waals surface area contributed by atoms with Crippen molar-refractivity contribution in [3.8, 4) is 5.75 Å². The second kappa shape index (κ2) is 6.04. The molecule has 0 aromatic heterocycles. The van der Waals surface area contributed by atoms with Crippen molar-refractivity contribution in [1.29, 1.82) is 0 Å². The zero-order valence-electron chi connectivity index (χ0n) is 15.0. The van der Waals surface area contributed by atoms with Gasteiger partial charge in [0.25, 0.3) is 5.91 Å². The number of methoxy groups -OCH3 is 1. The van der Waals surface area contributed by atoms with Crippen LogP contribution in [0.2, 0.25) is 0 Å². The Balaban J connectivity index is 1.68. The fourth-order valence-electron chi connectivity index (χ4n) is 4.05. The highest BCUT2D eigenvalue weighted by Crippen LogP contribution is 2.48. The van der Waals surface area contributed by atoms with Crippen molar-refractivity contribution in [2.24, 2.45) is 0 Å². The van der Waals surface area contributed by atoms with Gasteiger partial charge in [0.1, 0.15) is 5.75 Å². The highest BCUT2D eigenvalue weighted by Gasteiger charge is 2.54. The molecule has 2 heterocycles. The lowest BCUT2D eigenvalue weighted by Gasteiger charge is -2.23. The van der Waals surface area contributed by atoms with Crippen LogP contribution in [0.15, 0.2) is 36.4 Å². The maximum atomic E-state index is 13.5. The first-order valence-electron chi connectivity index (χ1n) is 8.58. The third-order valence-corrected chi connectivity index (χ3v) is 5.52. The Labute approximate surface area is 155 Å². The van der Waals surface area contributed by atoms with Crippen LogP contribution in [0.4, 0.5) is 14.5 Å². The lowest BCUT2D eigenvalue weighted by Crippen LogP contribution is -2.42. The summed E-state index contributed by atoms with van der Waals surface area (Å²) in [6.45, 7) is 0.544. The van der Waals surface area contributed by atoms with Gasteiger partial charge in [-0.2, -0.15) is 0 Å². The van der Waals surface area contributed by atoms with Crippen molar-refractivity contribution in [2.45, 2.75) is 11.8 Å². The van der Waals surface area contributed by atoms with E-state index in [1.165, 1.54) is 11.0 Å². The summed E-state index contributed by atoms with van der Waals surface area (Å²) in [5, 5.41) is 0. The molecular weight excluding hydrogens is 354 g/mol. The summed E-state index contributed by atoms with van der Waals surface area (Å²) < 4.78 is 31.9. The van der Waals surface area contributed by atoms with Crippen molar-refractivity contribution in [3.63, 3.8) is 0 Å². The van der Waals surface area contributed by atoms with Crippen LogP contribution in [-0.2, 0) is 10.2 Å². The minimum atomic E-state index is -1.07. The van der Waals surface area contributed by atoms with E-state index in [-0.39, 0.29) is 18.0 Å². The second-order valence-corrected chi connectivity index (χ2v) is 6.93. The molecule has 1 fully saturated rings. The number of benzene rings is 2. The van der Waals surface area contributed by atoms with E-state index in [0.717, 1.165) is 23.4 Å². The predicted molar refractivity (Wildman–Crippen MR) is 95.0 cm³/mol. The maximum absolute atomic E-state index is 13.5. The first-order valence-corrected chi connectivity index (χ1v) is 8.58. The van der Waals surface area contributed by atoms with Crippen LogP contribution >= 0.6 is 0 Å². The zero-order chi connectivity index (χ0) is 19.3. The number of likely N-dealkylation sites (tertiary alicyclic amines) is 1. The number of fused-ring (bicyclic) bond motifs is 2. The second-order valence-electron chi connectivity index (χ2n) is 6.93. The van der Waals surface area contributed by atoms with E-state index < -0.39 is 23.0 Å². The van der Waals surface area contributed by atoms with E-state index in [2.05, 4.69) is 0 Å². The molecule has 2 aromatic carbocycles. The maximum Gasteiger partial charge on any atom is 0.254 e. The Morgan fingerprint density at radius 2 is 1.93 bits per heavy atom. The molecule has 1 unspecified atom stereocenters. The molecule has 1 atom stereocenters. The average Bonchev–Trinajstić information content (AvgIpc) is 3.21. The number of rotatable bonds is 2. The number of ether oxygens (including phenoxy) is 1. The highest BCUT2D eigenvalue weighted by atomic mass is 19.2. The van der Waals surface area contributed by atoms with Gasteiger partial charge in [-0.15, -0.1) is 0 Å². The third kappa shape index (κ3) is 2.49. The average molecular weight is 372 g/mol. The van der Waals surface area contributed by atoms with Gasteiger partial charge in [-0.1, -0.05) is 0 Å². The molecule has 27 heavy (non-hydrogen) atoms. The Kier molecular flexibility index (Phi) is 3.91. The Bertz CT molecular complexity index is 962. The molecule has 0 radical (unpaired) electrons. The van der Waals surface area contributed by atoms with Gasteiger partial charge in [0.15, 0.2) is 11.6 Å². The molecule has 1 spiro atoms. The lowest BCUT2D eigenvalue weighted by molar-refractivity contribution is -0.122. The summed E-state index contributed by atoms with van der Waals surface area (Å²) in [6, 6.07) is 8.54. The van der Waals surface area contributed by atoms with E-state index in [0.29, 0.717) is 18.7 Å². The smallest absolute Gasteiger partial charge is 0.254 e. The van der Waals surface area contributed by atoms with Crippen LogP contribution in [0.25, 0.3) is 0 Å². The number of amides is 2. The molecule has 0 N–H and O–H groups in total. The van der Waals surface area contributed by atoms with Crippen molar-refractivity contribution >= 4 is 17.5 Å². The summed E-state index contributed by atoms with van der Waals surface area (Å²) in [5.41, 5.74) is 0.848. The molecule has 0 bridgehead atoms. The largest absolute Gasteiger partial charge is 0.497 e. The molecule has 2 aliphatic heterocycles. The van der Waals surface area contributed by atoms with E-state index in [1.807, 2.05) is 12.1 Å². The Hall–Kier alpha value is -2.96. The molecule has 140 valence electrons. The summed E-state index contributed by atoms with van der Waals surface area (Å²) >= 11 is 0. The minimum absolute atomic E-state index is 0.0654. The Morgan fingerprint density at radius 1 is 1.15 bits per heavy atom. The van der Waals surface area contributed by atoms with Crippen LogP contribution in [-0.4, -0.2) is 44.0 Å². The monoisotopic (exact) mass is 372 g/mol. The number of carbonyl (C=O) groups excluding carboxylic acids is 2. The molecular formula is C20H18F2N2O3. The minimum Gasteiger partial charge on any atom is -0.497 e. The molecule has 7 heteroatoms. The van der Waals surface area contributed by atoms with Gasteiger partial charge in [0.2, 0.25) is 5.91 Å². The van der Waals surface area contributed by atoms with Crippen molar-refractivity contribution in [1.82, 2.24) is 4.90 Å². The van der Waals surface area contributed by atoms with Gasteiger partial charge < -0.3 is 14.5 Å². The van der Waals surface area contributed by atoms with Gasteiger partial charge in [-0.05, 0) is 48.4 Å². The van der Waals surface area contributed by atoms with E-state index in [9.17, 15) is 18.4 Å². The molecule has 4 rings (SSSR count). The number of hydrogen-bond donors (Lipinski definition) is 0. The number of anilines is 1. The molecule has 1 saturated heterocycles. The standard InChI is InChI=1S/C20H18F2N2O3/c1-23-17-6-4-13(27-2)10-14(17)20(19(23)26)7-8-24(11-20)18(25)12-3-5-15(21)16(22)9-12/h3-6,9-10H,7-8,11H2,1-2H3. The van der Waals surface area contributed by atoms with E-state index >= 15 is 0 Å². The number of carbonyl (C=O) groups is 2. The van der Waals surface area contributed by atoms with Gasteiger partial charge in [-0.3, -0.25) is 9.59 Å². The fraction of sp³-hybridized carbons (Fsp3) is 0.300. The van der Waals surface area contributed by atoms with Crippen LogP contribution < -0.4 is 9.64 Å². The number of likely N-dealkylation sites (N-methyl/N-ethyl adjacent to an activating group) is 1. The van der Waals surface area contributed by atoms with Gasteiger partial charge in [0, 0.05) is 31.4 Å². The van der Waals surface area contributed by atoms with Crippen LogP contribution in [0, 0.1) is 11.6 Å². The predicted octanol–water partition coefficient (Wildman–Crippen LogP) is 2.73. The first-order chi connectivity index (χ1) is 12.9. The third-order valence-electron chi connectivity index (χ3n) is 5.52. The molecule has 2 aliphatic rings. The topological polar surface area (TPSA) is 49.9 Å². The zero-order valence-corrected chi connectivity index (χ0v) is 15.0.